The lowest BCUT2D eigenvalue weighted by molar-refractivity contribution is -0.121. The van der Waals surface area contributed by atoms with Gasteiger partial charge in [0.05, 0.1) is 10.6 Å². The highest BCUT2D eigenvalue weighted by atomic mass is 32.2. The van der Waals surface area contributed by atoms with Crippen LogP contribution in [0.3, 0.4) is 0 Å². The Morgan fingerprint density at radius 3 is 2.64 bits per heavy atom. The number of rotatable bonds is 2. The Morgan fingerprint density at radius 2 is 1.88 bits per heavy atom. The molecule has 0 saturated carbocycles. The second-order valence-electron chi connectivity index (χ2n) is 5.77. The zero-order chi connectivity index (χ0) is 17.4. The Balaban J connectivity index is 1.66. The lowest BCUT2D eigenvalue weighted by Gasteiger charge is -2.07. The smallest absolute Gasteiger partial charge is 0.266 e. The molecule has 0 aromatic heterocycles. The molecular weight excluding hydrogens is 336 g/mol. The molecule has 2 heterocycles. The summed E-state index contributed by atoms with van der Waals surface area (Å²) in [4.78, 5) is 19.3. The molecule has 25 heavy (non-hydrogen) atoms. The van der Waals surface area contributed by atoms with Gasteiger partial charge in [0.25, 0.3) is 5.91 Å². The van der Waals surface area contributed by atoms with Crippen molar-refractivity contribution in [3.05, 3.63) is 58.5 Å². The van der Waals surface area contributed by atoms with Crippen LogP contribution < -0.4 is 9.47 Å². The molecule has 0 spiro atoms. The fourth-order valence-electron chi connectivity index (χ4n) is 2.62. The number of nitrogens with zero attached hydrogens (tertiary/aromatic N) is 2. The average molecular weight is 352 g/mol. The number of aryl methyl sites for hydroxylation is 1. The van der Waals surface area contributed by atoms with Gasteiger partial charge in [0.2, 0.25) is 6.79 Å². The quantitative estimate of drug-likeness (QED) is 0.768. The number of fused-ring (bicyclic) bond motifs is 1. The van der Waals surface area contributed by atoms with Crippen LogP contribution in [0.4, 0.5) is 5.69 Å². The van der Waals surface area contributed by atoms with Gasteiger partial charge in [0.15, 0.2) is 16.7 Å². The van der Waals surface area contributed by atoms with Crippen LogP contribution in [-0.4, -0.2) is 29.8 Å². The third-order valence-corrected chi connectivity index (χ3v) is 5.09. The predicted molar refractivity (Wildman–Crippen MR) is 99.2 cm³/mol. The lowest BCUT2D eigenvalue weighted by Crippen LogP contribution is -2.23. The number of benzene rings is 2. The molecule has 5 nitrogen and oxygen atoms in total. The van der Waals surface area contributed by atoms with Crippen molar-refractivity contribution in [2.45, 2.75) is 6.92 Å². The Labute approximate surface area is 150 Å². The molecule has 0 N–H and O–H groups in total. The van der Waals surface area contributed by atoms with E-state index in [1.165, 1.54) is 11.8 Å². The van der Waals surface area contributed by atoms with Gasteiger partial charge >= 0.3 is 0 Å². The SMILES string of the molecule is Cc1cc2c(cc1/C=C1/SC(=Nc3ccccc3)N(C)C1=O)OCO2. The molecular formula is C19H16N2O3S. The topological polar surface area (TPSA) is 51.1 Å². The maximum absolute atomic E-state index is 12.6. The molecule has 2 aliphatic heterocycles. The molecule has 1 fully saturated rings. The second-order valence-corrected chi connectivity index (χ2v) is 6.78. The van der Waals surface area contributed by atoms with Gasteiger partial charge in [-0.25, -0.2) is 4.99 Å². The second kappa shape index (κ2) is 6.29. The predicted octanol–water partition coefficient (Wildman–Crippen LogP) is 3.96. The number of carbonyl (C=O) groups is 1. The lowest BCUT2D eigenvalue weighted by atomic mass is 10.1. The van der Waals surface area contributed by atoms with Gasteiger partial charge in [0, 0.05) is 7.05 Å². The van der Waals surface area contributed by atoms with Gasteiger partial charge < -0.3 is 9.47 Å². The van der Waals surface area contributed by atoms with Crippen LogP contribution in [0.1, 0.15) is 11.1 Å². The summed E-state index contributed by atoms with van der Waals surface area (Å²) in [5.74, 6) is 1.39. The Morgan fingerprint density at radius 1 is 1.16 bits per heavy atom. The maximum atomic E-state index is 12.6. The van der Waals surface area contributed by atoms with Crippen molar-refractivity contribution in [1.29, 1.82) is 0 Å². The first-order chi connectivity index (χ1) is 12.1. The first-order valence-electron chi connectivity index (χ1n) is 7.83. The van der Waals surface area contributed by atoms with Crippen molar-refractivity contribution in [2.75, 3.05) is 13.8 Å². The molecule has 0 atom stereocenters. The van der Waals surface area contributed by atoms with Crippen LogP contribution in [0.5, 0.6) is 11.5 Å². The minimum Gasteiger partial charge on any atom is -0.454 e. The summed E-state index contributed by atoms with van der Waals surface area (Å²) in [5.41, 5.74) is 2.79. The summed E-state index contributed by atoms with van der Waals surface area (Å²) in [6, 6.07) is 13.5. The van der Waals surface area contributed by atoms with Crippen LogP contribution in [0, 0.1) is 6.92 Å². The standard InChI is InChI=1S/C19H16N2O3S/c1-12-8-15-16(24-11-23-15)9-13(12)10-17-18(22)21(2)19(25-17)20-14-6-4-3-5-7-14/h3-10H,11H2,1-2H3/b17-10+,20-19?. The number of likely N-dealkylation sites (N-methyl/N-ethyl adjacent to an activating group) is 1. The zero-order valence-corrected chi connectivity index (χ0v) is 14.7. The molecule has 126 valence electrons. The number of thioether (sulfide) groups is 1. The largest absolute Gasteiger partial charge is 0.454 e. The van der Waals surface area contributed by atoms with Crippen molar-refractivity contribution in [1.82, 2.24) is 4.90 Å². The monoisotopic (exact) mass is 352 g/mol. The number of amides is 1. The molecule has 2 aliphatic rings. The van der Waals surface area contributed by atoms with Crippen molar-refractivity contribution >= 4 is 34.6 Å². The summed E-state index contributed by atoms with van der Waals surface area (Å²) >= 11 is 1.37. The van der Waals surface area contributed by atoms with Crippen molar-refractivity contribution < 1.29 is 14.3 Å². The van der Waals surface area contributed by atoms with Gasteiger partial charge in [-0.05, 0) is 60.2 Å². The average Bonchev–Trinajstić information content (AvgIpc) is 3.16. The van der Waals surface area contributed by atoms with Gasteiger partial charge in [-0.15, -0.1) is 0 Å². The van der Waals surface area contributed by atoms with Crippen molar-refractivity contribution in [2.24, 2.45) is 4.99 Å². The van der Waals surface area contributed by atoms with Gasteiger partial charge in [-0.1, -0.05) is 18.2 Å². The third kappa shape index (κ3) is 3.00. The van der Waals surface area contributed by atoms with Crippen LogP contribution in [0.25, 0.3) is 6.08 Å². The van der Waals surface area contributed by atoms with Gasteiger partial charge in [-0.2, -0.15) is 0 Å². The normalized spacial score (nSPS) is 19.3. The highest BCUT2D eigenvalue weighted by Gasteiger charge is 2.30. The fraction of sp³-hybridized carbons (Fsp3) is 0.158. The number of carbonyl (C=O) groups excluding carboxylic acids is 1. The highest BCUT2D eigenvalue weighted by molar-refractivity contribution is 8.18. The molecule has 0 aliphatic carbocycles. The Hall–Kier alpha value is -2.73. The van der Waals surface area contributed by atoms with Gasteiger partial charge in [0.1, 0.15) is 0 Å². The molecule has 2 aromatic rings. The van der Waals surface area contributed by atoms with E-state index in [1.807, 2.05) is 55.5 Å². The zero-order valence-electron chi connectivity index (χ0n) is 13.9. The third-order valence-electron chi connectivity index (χ3n) is 4.03. The van der Waals surface area contributed by atoms with Crippen molar-refractivity contribution in [3.63, 3.8) is 0 Å². The Kier molecular flexibility index (Phi) is 3.97. The number of hydrogen-bond donors (Lipinski definition) is 0. The first-order valence-corrected chi connectivity index (χ1v) is 8.65. The first kappa shape index (κ1) is 15.8. The fourth-order valence-corrected chi connectivity index (χ4v) is 3.60. The van der Waals surface area contributed by atoms with Crippen molar-refractivity contribution in [3.8, 4) is 11.5 Å². The number of aliphatic imine (C=N–C) groups is 1. The molecule has 6 heteroatoms. The molecule has 0 radical (unpaired) electrons. The summed E-state index contributed by atoms with van der Waals surface area (Å²) < 4.78 is 10.8. The van der Waals surface area contributed by atoms with E-state index in [2.05, 4.69) is 4.99 Å². The van der Waals surface area contributed by atoms with Crippen LogP contribution in [-0.2, 0) is 4.79 Å². The summed E-state index contributed by atoms with van der Waals surface area (Å²) in [5, 5.41) is 0.667. The maximum Gasteiger partial charge on any atom is 0.266 e. The Bertz CT molecular complexity index is 906. The summed E-state index contributed by atoms with van der Waals surface area (Å²) in [6.45, 7) is 2.22. The molecule has 2 aromatic carbocycles. The molecule has 0 unspecified atom stereocenters. The van der Waals surface area contributed by atoms with Crippen LogP contribution in [0.2, 0.25) is 0 Å². The molecule has 4 rings (SSSR count). The minimum absolute atomic E-state index is 0.0586. The summed E-state index contributed by atoms with van der Waals surface area (Å²) in [6.07, 6.45) is 1.88. The number of hydrogen-bond acceptors (Lipinski definition) is 5. The van der Waals surface area contributed by atoms with E-state index in [0.29, 0.717) is 15.8 Å². The number of ether oxygens (including phenoxy) is 2. The van der Waals surface area contributed by atoms with E-state index in [0.717, 1.165) is 22.6 Å². The summed E-state index contributed by atoms with van der Waals surface area (Å²) in [7, 11) is 1.74. The number of para-hydroxylation sites is 1. The van der Waals surface area contributed by atoms with E-state index in [1.54, 1.807) is 11.9 Å². The van der Waals surface area contributed by atoms with E-state index in [9.17, 15) is 4.79 Å². The molecule has 1 saturated heterocycles. The highest BCUT2D eigenvalue weighted by Crippen LogP contribution is 2.38. The van der Waals surface area contributed by atoms with E-state index in [-0.39, 0.29) is 12.7 Å². The minimum atomic E-state index is -0.0586. The number of amidine groups is 1. The van der Waals surface area contributed by atoms with Crippen LogP contribution >= 0.6 is 11.8 Å². The van der Waals surface area contributed by atoms with E-state index >= 15 is 0 Å². The molecule has 1 amide bonds. The molecule has 0 bridgehead atoms. The van der Waals surface area contributed by atoms with E-state index < -0.39 is 0 Å². The van der Waals surface area contributed by atoms with Crippen LogP contribution in [0.15, 0.2) is 52.4 Å². The van der Waals surface area contributed by atoms with E-state index in [4.69, 9.17) is 9.47 Å². The van der Waals surface area contributed by atoms with Gasteiger partial charge in [-0.3, -0.25) is 9.69 Å².